The first kappa shape index (κ1) is 32.0. The van der Waals surface area contributed by atoms with Crippen molar-refractivity contribution in [2.75, 3.05) is 76.3 Å². The number of fused-ring (bicyclic) bond motifs is 3. The van der Waals surface area contributed by atoms with Gasteiger partial charge in [0.05, 0.1) is 33.5 Å². The van der Waals surface area contributed by atoms with Gasteiger partial charge < -0.3 is 28.7 Å². The molecule has 10 rings (SSSR count). The van der Waals surface area contributed by atoms with Crippen LogP contribution in [-0.2, 0) is 0 Å². The number of hydrogen-bond acceptors (Lipinski definition) is 10. The maximum atomic E-state index is 15.7. The Morgan fingerprint density at radius 3 is 1.63 bits per heavy atom. The summed E-state index contributed by atoms with van der Waals surface area (Å²) < 4.78 is 37.1. The predicted molar refractivity (Wildman–Crippen MR) is 199 cm³/mol. The van der Waals surface area contributed by atoms with Crippen LogP contribution in [0.1, 0.15) is 37.8 Å². The molecule has 0 spiro atoms. The van der Waals surface area contributed by atoms with Crippen LogP contribution in [0.15, 0.2) is 46.2 Å². The number of anilines is 2. The molecule has 52 heavy (non-hydrogen) atoms. The maximum absolute atomic E-state index is 15.7. The summed E-state index contributed by atoms with van der Waals surface area (Å²) in [4.78, 5) is 37.2. The number of hydrogen-bond donors (Lipinski definition) is 0. The Morgan fingerprint density at radius 2 is 1.13 bits per heavy atom. The van der Waals surface area contributed by atoms with Gasteiger partial charge in [-0.15, -0.1) is 10.2 Å². The van der Waals surface area contributed by atoms with Gasteiger partial charge in [-0.2, -0.15) is 9.61 Å². The average Bonchev–Trinajstić information content (AvgIpc) is 4.07. The lowest BCUT2D eigenvalue weighted by molar-refractivity contribution is 0.312. The molecule has 2 saturated heterocycles. The van der Waals surface area contributed by atoms with E-state index in [4.69, 9.17) is 5.10 Å². The number of piperazine rings is 2. The molecular weight excluding hydrogens is 687 g/mol. The van der Waals surface area contributed by atoms with Crippen molar-refractivity contribution in [1.29, 1.82) is 0 Å². The Balaban J connectivity index is 1.07. The Kier molecular flexibility index (Phi) is 7.31. The molecule has 2 aliphatic carbocycles. The monoisotopic (exact) mass is 724 g/mol. The summed E-state index contributed by atoms with van der Waals surface area (Å²) >= 11 is 1.19. The van der Waals surface area contributed by atoms with E-state index in [1.807, 2.05) is 23.2 Å². The number of aromatic nitrogens is 6. The van der Waals surface area contributed by atoms with Crippen molar-refractivity contribution < 1.29 is 8.78 Å². The first-order valence-electron chi connectivity index (χ1n) is 18.1. The van der Waals surface area contributed by atoms with Gasteiger partial charge in [-0.1, -0.05) is 11.3 Å². The zero-order valence-electron chi connectivity index (χ0n) is 29.1. The minimum atomic E-state index is -0.425. The van der Waals surface area contributed by atoms with E-state index in [9.17, 15) is 9.59 Å². The molecule has 0 N–H and O–H groups in total. The third-order valence-corrected chi connectivity index (χ3v) is 12.2. The van der Waals surface area contributed by atoms with E-state index in [2.05, 4.69) is 48.1 Å². The smallest absolute Gasteiger partial charge is 0.235 e. The van der Waals surface area contributed by atoms with Crippen LogP contribution in [-0.4, -0.2) is 105 Å². The van der Waals surface area contributed by atoms with Crippen LogP contribution in [0.2, 0.25) is 0 Å². The summed E-state index contributed by atoms with van der Waals surface area (Å²) in [6, 6.07) is 6.80. The Bertz CT molecular complexity index is 2540. The minimum absolute atomic E-state index is 0.192. The van der Waals surface area contributed by atoms with Crippen LogP contribution in [0.5, 0.6) is 0 Å². The summed E-state index contributed by atoms with van der Waals surface area (Å²) in [6.45, 7) is 6.23. The molecule has 4 fully saturated rings. The van der Waals surface area contributed by atoms with Gasteiger partial charge in [0.25, 0.3) is 0 Å². The molecular formula is C37H38F2N10O2S. The SMILES string of the molecule is CN1CCN(c2cc3c(cc2F)c(=O)c(-c2nn4c(-c5cn(C6CC6)c6cc(N7CCN(C)CC7)c(F)cc6c5=O)nnc4s2)cn3C2CC2)CC1. The molecule has 12 nitrogen and oxygen atoms in total. The molecule has 2 saturated carbocycles. The Morgan fingerprint density at radius 1 is 0.654 bits per heavy atom. The lowest BCUT2D eigenvalue weighted by Gasteiger charge is -2.34. The second kappa shape index (κ2) is 11.9. The lowest BCUT2D eigenvalue weighted by Crippen LogP contribution is -2.44. The number of halogens is 2. The molecule has 2 aromatic carbocycles. The number of benzene rings is 2. The van der Waals surface area contributed by atoms with Gasteiger partial charge in [0.2, 0.25) is 10.4 Å². The zero-order valence-corrected chi connectivity index (χ0v) is 29.9. The van der Waals surface area contributed by atoms with Gasteiger partial charge in [-0.3, -0.25) is 9.59 Å². The highest BCUT2D eigenvalue weighted by atomic mass is 32.1. The molecule has 2 aliphatic heterocycles. The van der Waals surface area contributed by atoms with Gasteiger partial charge in [0.1, 0.15) is 11.6 Å². The van der Waals surface area contributed by atoms with E-state index in [0.717, 1.165) is 70.5 Å². The molecule has 0 atom stereocenters. The number of rotatable bonds is 6. The highest BCUT2D eigenvalue weighted by Gasteiger charge is 2.31. The van der Waals surface area contributed by atoms with Gasteiger partial charge >= 0.3 is 0 Å². The Hall–Kier alpha value is -4.73. The van der Waals surface area contributed by atoms with Crippen molar-refractivity contribution in [2.24, 2.45) is 0 Å². The van der Waals surface area contributed by atoms with Gasteiger partial charge in [-0.05, 0) is 64.0 Å². The largest absolute Gasteiger partial charge is 0.367 e. The Labute approximate surface area is 301 Å². The van der Waals surface area contributed by atoms with Crippen LogP contribution in [0.3, 0.4) is 0 Å². The molecule has 0 amide bonds. The van der Waals surface area contributed by atoms with Crippen molar-refractivity contribution in [2.45, 2.75) is 37.8 Å². The summed E-state index contributed by atoms with van der Waals surface area (Å²) in [5.41, 5.74) is 2.40. The van der Waals surface area contributed by atoms with Crippen molar-refractivity contribution in [3.05, 3.63) is 68.7 Å². The summed E-state index contributed by atoms with van der Waals surface area (Å²) in [6.07, 6.45) is 7.51. The molecule has 6 aromatic rings. The normalized spacial score (nSPS) is 19.2. The highest BCUT2D eigenvalue weighted by molar-refractivity contribution is 7.19. The van der Waals surface area contributed by atoms with Crippen LogP contribution in [0.4, 0.5) is 20.2 Å². The average molecular weight is 725 g/mol. The van der Waals surface area contributed by atoms with E-state index in [-0.39, 0.29) is 39.7 Å². The summed E-state index contributed by atoms with van der Waals surface area (Å²) in [5, 5.41) is 14.5. The van der Waals surface area contributed by atoms with E-state index in [1.54, 1.807) is 6.20 Å². The maximum Gasteiger partial charge on any atom is 0.235 e. The van der Waals surface area contributed by atoms with Crippen molar-refractivity contribution >= 4 is 49.5 Å². The van der Waals surface area contributed by atoms with Crippen molar-refractivity contribution in [3.63, 3.8) is 0 Å². The molecule has 268 valence electrons. The van der Waals surface area contributed by atoms with E-state index in [0.29, 0.717) is 50.9 Å². The van der Waals surface area contributed by atoms with Gasteiger partial charge in [0.15, 0.2) is 16.3 Å². The standard InChI is InChI=1S/C37H38F2N10O2S/c1-43-7-11-45(12-8-43)31-17-29-23(15-27(31)38)33(50)25(19-47(29)21-3-4-21)35-40-41-37-49(35)42-36(52-37)26-20-48(22-5-6-22)30-18-32(28(39)16-24(30)34(26)51)46-13-9-44(2)10-14-46/h15-22H,3-14H2,1-2H3. The molecule has 0 radical (unpaired) electrons. The second-order valence-electron chi connectivity index (χ2n) is 14.9. The second-order valence-corrected chi connectivity index (χ2v) is 15.8. The third-order valence-electron chi connectivity index (χ3n) is 11.2. The molecule has 4 aromatic heterocycles. The first-order valence-corrected chi connectivity index (χ1v) is 18.9. The summed E-state index contributed by atoms with van der Waals surface area (Å²) in [7, 11) is 4.12. The predicted octanol–water partition coefficient (Wildman–Crippen LogP) is 4.60. The van der Waals surface area contributed by atoms with Crippen LogP contribution < -0.4 is 20.7 Å². The topological polar surface area (TPSA) is 100 Å². The summed E-state index contributed by atoms with van der Waals surface area (Å²) in [5.74, 6) is -0.607. The quantitative estimate of drug-likeness (QED) is 0.244. The van der Waals surface area contributed by atoms with Crippen LogP contribution in [0, 0.1) is 11.6 Å². The number of nitrogens with zero attached hydrogens (tertiary/aromatic N) is 10. The minimum Gasteiger partial charge on any atom is -0.367 e. The first-order chi connectivity index (χ1) is 25.2. The van der Waals surface area contributed by atoms with E-state index < -0.39 is 11.6 Å². The van der Waals surface area contributed by atoms with Crippen LogP contribution >= 0.6 is 11.3 Å². The molecule has 4 aliphatic rings. The fraction of sp³-hybridized carbons (Fsp3) is 0.432. The molecule has 15 heteroatoms. The van der Waals surface area contributed by atoms with Gasteiger partial charge in [-0.25, -0.2) is 8.78 Å². The van der Waals surface area contributed by atoms with E-state index >= 15 is 8.78 Å². The fourth-order valence-corrected chi connectivity index (χ4v) is 8.66. The zero-order chi connectivity index (χ0) is 35.4. The molecule has 6 heterocycles. The van der Waals surface area contributed by atoms with Crippen LogP contribution in [0.25, 0.3) is 48.7 Å². The molecule has 0 bridgehead atoms. The lowest BCUT2D eigenvalue weighted by atomic mass is 10.1. The fourth-order valence-electron chi connectivity index (χ4n) is 7.81. The number of pyridine rings is 2. The van der Waals surface area contributed by atoms with Crippen molar-refractivity contribution in [1.82, 2.24) is 38.7 Å². The highest BCUT2D eigenvalue weighted by Crippen LogP contribution is 2.41. The third kappa shape index (κ3) is 5.23. The number of likely N-dealkylation sites (N-methyl/N-ethyl adjacent to an activating group) is 2. The molecule has 0 unspecified atom stereocenters. The van der Waals surface area contributed by atoms with Crippen molar-refractivity contribution in [3.8, 4) is 22.0 Å². The van der Waals surface area contributed by atoms with Gasteiger partial charge in [0, 0.05) is 87.6 Å². The van der Waals surface area contributed by atoms with E-state index in [1.165, 1.54) is 28.0 Å².